The highest BCUT2D eigenvalue weighted by Crippen LogP contribution is 2.28. The van der Waals surface area contributed by atoms with Crippen molar-refractivity contribution in [2.24, 2.45) is 0 Å². The number of anilines is 3. The van der Waals surface area contributed by atoms with Gasteiger partial charge in [0.2, 0.25) is 0 Å². The summed E-state index contributed by atoms with van der Waals surface area (Å²) in [4.78, 5) is 21.2. The van der Waals surface area contributed by atoms with E-state index in [4.69, 9.17) is 4.74 Å². The first-order valence-corrected chi connectivity index (χ1v) is 10.9. The van der Waals surface area contributed by atoms with E-state index < -0.39 is 0 Å². The number of aryl methyl sites for hydroxylation is 1. The third-order valence-corrected chi connectivity index (χ3v) is 5.38. The number of aromatic nitrogens is 2. The molecule has 1 amide bonds. The van der Waals surface area contributed by atoms with Crippen molar-refractivity contribution in [3.05, 3.63) is 115 Å². The van der Waals surface area contributed by atoms with Crippen molar-refractivity contribution in [2.45, 2.75) is 6.92 Å². The second-order valence-corrected chi connectivity index (χ2v) is 7.80. The number of nitrogens with zero attached hydrogens (tertiary/aromatic N) is 2. The number of hydrogen-bond donors (Lipinski definition) is 2. The van der Waals surface area contributed by atoms with Crippen molar-refractivity contribution in [1.29, 1.82) is 0 Å². The predicted molar refractivity (Wildman–Crippen MR) is 135 cm³/mol. The van der Waals surface area contributed by atoms with Crippen LogP contribution in [0.2, 0.25) is 0 Å². The minimum Gasteiger partial charge on any atom is -0.457 e. The van der Waals surface area contributed by atoms with E-state index in [0.29, 0.717) is 22.7 Å². The summed E-state index contributed by atoms with van der Waals surface area (Å²) in [5.41, 5.74) is 5.17. The average molecular weight is 447 g/mol. The van der Waals surface area contributed by atoms with Crippen LogP contribution in [-0.2, 0) is 0 Å². The molecule has 2 N–H and O–H groups in total. The van der Waals surface area contributed by atoms with Crippen molar-refractivity contribution in [3.63, 3.8) is 0 Å². The monoisotopic (exact) mass is 446 g/mol. The van der Waals surface area contributed by atoms with Gasteiger partial charge < -0.3 is 15.4 Å². The van der Waals surface area contributed by atoms with Gasteiger partial charge in [-0.15, -0.1) is 0 Å². The van der Waals surface area contributed by atoms with E-state index in [1.54, 1.807) is 48.9 Å². The van der Waals surface area contributed by atoms with Crippen LogP contribution in [0.4, 0.5) is 17.1 Å². The molecule has 0 aliphatic carbocycles. The number of ether oxygens (including phenoxy) is 1. The Labute approximate surface area is 197 Å². The van der Waals surface area contributed by atoms with Gasteiger partial charge >= 0.3 is 0 Å². The number of carbonyl (C=O) groups excluding carboxylic acids is 1. The minimum absolute atomic E-state index is 0.196. The second kappa shape index (κ2) is 9.42. The molecule has 0 spiro atoms. The summed E-state index contributed by atoms with van der Waals surface area (Å²) >= 11 is 0. The van der Waals surface area contributed by atoms with E-state index >= 15 is 0 Å². The third kappa shape index (κ3) is 4.71. The molecular formula is C28H22N4O2. The first-order chi connectivity index (χ1) is 16.7. The molecule has 5 rings (SSSR count). The molecule has 3 aromatic carbocycles. The summed E-state index contributed by atoms with van der Waals surface area (Å²) in [6.07, 6.45) is 5.12. The van der Waals surface area contributed by atoms with E-state index in [9.17, 15) is 4.79 Å². The maximum Gasteiger partial charge on any atom is 0.255 e. The summed E-state index contributed by atoms with van der Waals surface area (Å²) in [6.45, 7) is 2.07. The molecule has 166 valence electrons. The molecule has 2 aromatic heterocycles. The predicted octanol–water partition coefficient (Wildman–Crippen LogP) is 6.73. The molecule has 0 saturated heterocycles. The van der Waals surface area contributed by atoms with Gasteiger partial charge in [-0.2, -0.15) is 0 Å². The number of hydrogen-bond acceptors (Lipinski definition) is 5. The minimum atomic E-state index is -0.196. The Kier molecular flexibility index (Phi) is 5.86. The molecule has 0 atom stereocenters. The Morgan fingerprint density at radius 3 is 2.41 bits per heavy atom. The van der Waals surface area contributed by atoms with Crippen LogP contribution in [-0.4, -0.2) is 15.9 Å². The fourth-order valence-corrected chi connectivity index (χ4v) is 3.73. The molecule has 0 aliphatic rings. The van der Waals surface area contributed by atoms with Gasteiger partial charge in [-0.1, -0.05) is 18.2 Å². The van der Waals surface area contributed by atoms with Crippen LogP contribution in [0.1, 0.15) is 15.9 Å². The van der Waals surface area contributed by atoms with Crippen molar-refractivity contribution < 1.29 is 9.53 Å². The molecule has 5 aromatic rings. The lowest BCUT2D eigenvalue weighted by atomic mass is 10.1. The lowest BCUT2D eigenvalue weighted by Gasteiger charge is -2.12. The fourth-order valence-electron chi connectivity index (χ4n) is 3.73. The van der Waals surface area contributed by atoms with E-state index in [1.165, 1.54) is 0 Å². The molecule has 0 bridgehead atoms. The molecule has 6 heteroatoms. The van der Waals surface area contributed by atoms with Crippen LogP contribution in [0.3, 0.4) is 0 Å². The molecule has 0 radical (unpaired) electrons. The highest BCUT2D eigenvalue weighted by molar-refractivity contribution is 6.04. The topological polar surface area (TPSA) is 76.1 Å². The van der Waals surface area contributed by atoms with Crippen LogP contribution in [0.25, 0.3) is 10.9 Å². The number of amides is 1. The molecule has 0 unspecified atom stereocenters. The van der Waals surface area contributed by atoms with Gasteiger partial charge in [0.15, 0.2) is 0 Å². The number of pyridine rings is 2. The second-order valence-electron chi connectivity index (χ2n) is 7.80. The van der Waals surface area contributed by atoms with Gasteiger partial charge in [0.05, 0.1) is 5.52 Å². The van der Waals surface area contributed by atoms with E-state index in [2.05, 4.69) is 33.6 Å². The Morgan fingerprint density at radius 1 is 0.794 bits per heavy atom. The molecular weight excluding hydrogens is 424 g/mol. The highest BCUT2D eigenvalue weighted by atomic mass is 16.5. The van der Waals surface area contributed by atoms with E-state index in [-0.39, 0.29) is 5.91 Å². The smallest absolute Gasteiger partial charge is 0.255 e. The first kappa shape index (κ1) is 21.2. The lowest BCUT2D eigenvalue weighted by molar-refractivity contribution is 0.102. The van der Waals surface area contributed by atoms with Gasteiger partial charge in [0, 0.05) is 52.7 Å². The molecule has 34 heavy (non-hydrogen) atoms. The normalized spacial score (nSPS) is 10.6. The standard InChI is InChI=1S/C28H22N4O2/c1-19-4-2-7-25-27(19)26(14-17-30-25)31-21-10-8-20(9-11-21)28(33)32-22-5-3-6-24(18-22)34-23-12-15-29-16-13-23/h2-18H,1H3,(H,30,31)(H,32,33). The van der Waals surface area contributed by atoms with Gasteiger partial charge in [-0.05, 0) is 73.2 Å². The number of rotatable bonds is 6. The molecule has 2 heterocycles. The first-order valence-electron chi connectivity index (χ1n) is 10.9. The van der Waals surface area contributed by atoms with E-state index in [1.807, 2.05) is 48.5 Å². The van der Waals surface area contributed by atoms with Crippen molar-refractivity contribution in [2.75, 3.05) is 10.6 Å². The Balaban J connectivity index is 1.28. The van der Waals surface area contributed by atoms with Crippen LogP contribution in [0.5, 0.6) is 11.5 Å². The zero-order valence-corrected chi connectivity index (χ0v) is 18.5. The van der Waals surface area contributed by atoms with Gasteiger partial charge in [-0.3, -0.25) is 14.8 Å². The highest BCUT2D eigenvalue weighted by Gasteiger charge is 2.09. The summed E-state index contributed by atoms with van der Waals surface area (Å²) in [5, 5.41) is 7.45. The lowest BCUT2D eigenvalue weighted by Crippen LogP contribution is -2.11. The third-order valence-electron chi connectivity index (χ3n) is 5.38. The Morgan fingerprint density at radius 2 is 1.59 bits per heavy atom. The summed E-state index contributed by atoms with van der Waals surface area (Å²) in [6, 6.07) is 26.2. The molecule has 6 nitrogen and oxygen atoms in total. The zero-order valence-electron chi connectivity index (χ0n) is 18.5. The summed E-state index contributed by atoms with van der Waals surface area (Å²) in [7, 11) is 0. The van der Waals surface area contributed by atoms with Gasteiger partial charge in [0.1, 0.15) is 11.5 Å². The van der Waals surface area contributed by atoms with Crippen LogP contribution in [0, 0.1) is 6.92 Å². The van der Waals surface area contributed by atoms with Crippen LogP contribution >= 0.6 is 0 Å². The van der Waals surface area contributed by atoms with Crippen molar-refractivity contribution in [3.8, 4) is 11.5 Å². The molecule has 0 saturated carbocycles. The van der Waals surface area contributed by atoms with Crippen molar-refractivity contribution in [1.82, 2.24) is 9.97 Å². The molecule has 0 aliphatic heterocycles. The number of benzene rings is 3. The van der Waals surface area contributed by atoms with Gasteiger partial charge in [0.25, 0.3) is 5.91 Å². The molecule has 0 fully saturated rings. The maximum absolute atomic E-state index is 12.8. The fraction of sp³-hybridized carbons (Fsp3) is 0.0357. The number of carbonyl (C=O) groups is 1. The average Bonchev–Trinajstić information content (AvgIpc) is 2.85. The Bertz CT molecular complexity index is 1450. The van der Waals surface area contributed by atoms with Gasteiger partial charge in [-0.25, -0.2) is 0 Å². The van der Waals surface area contributed by atoms with Crippen LogP contribution in [0.15, 0.2) is 104 Å². The number of fused-ring (bicyclic) bond motifs is 1. The van der Waals surface area contributed by atoms with Crippen LogP contribution < -0.4 is 15.4 Å². The SMILES string of the molecule is Cc1cccc2nccc(Nc3ccc(C(=O)Nc4cccc(Oc5ccncc5)c4)cc3)c12. The number of nitrogens with one attached hydrogen (secondary N) is 2. The Hall–Kier alpha value is -4.71. The quantitative estimate of drug-likeness (QED) is 0.303. The maximum atomic E-state index is 12.8. The zero-order chi connectivity index (χ0) is 23.3. The van der Waals surface area contributed by atoms with E-state index in [0.717, 1.165) is 27.8 Å². The largest absolute Gasteiger partial charge is 0.457 e. The summed E-state index contributed by atoms with van der Waals surface area (Å²) in [5.74, 6) is 1.11. The van der Waals surface area contributed by atoms with Crippen molar-refractivity contribution >= 4 is 33.9 Å². The summed E-state index contributed by atoms with van der Waals surface area (Å²) < 4.78 is 5.81.